The van der Waals surface area contributed by atoms with E-state index in [4.69, 9.17) is 0 Å². The zero-order chi connectivity index (χ0) is 20.8. The highest BCUT2D eigenvalue weighted by Gasteiger charge is 2.22. The zero-order valence-corrected chi connectivity index (χ0v) is 17.4. The Hall–Kier alpha value is -3.02. The number of fused-ring (bicyclic) bond motifs is 1. The number of hydrogen-bond acceptors (Lipinski definition) is 3. The Labute approximate surface area is 172 Å². The van der Waals surface area contributed by atoms with Crippen LogP contribution in [0.3, 0.4) is 0 Å². The minimum atomic E-state index is -0.277. The molecule has 1 heterocycles. The third kappa shape index (κ3) is 5.08. The molecule has 0 saturated heterocycles. The molecular formula is C23H30N4O2. The molecule has 0 aromatic heterocycles. The summed E-state index contributed by atoms with van der Waals surface area (Å²) in [5, 5.41) is 8.57. The van der Waals surface area contributed by atoms with Crippen molar-refractivity contribution in [1.82, 2.24) is 10.6 Å². The van der Waals surface area contributed by atoms with E-state index >= 15 is 0 Å². The van der Waals surface area contributed by atoms with Gasteiger partial charge in [0.25, 0.3) is 5.91 Å². The highest BCUT2D eigenvalue weighted by molar-refractivity contribution is 6.02. The largest absolute Gasteiger partial charge is 0.366 e. The van der Waals surface area contributed by atoms with E-state index in [2.05, 4.69) is 45.1 Å². The van der Waals surface area contributed by atoms with E-state index < -0.39 is 0 Å². The first-order valence-corrected chi connectivity index (χ1v) is 10.3. The van der Waals surface area contributed by atoms with E-state index in [9.17, 15) is 9.59 Å². The first-order chi connectivity index (χ1) is 14.0. The van der Waals surface area contributed by atoms with E-state index in [0.717, 1.165) is 31.6 Å². The summed E-state index contributed by atoms with van der Waals surface area (Å²) in [4.78, 5) is 27.2. The van der Waals surface area contributed by atoms with Crippen LogP contribution in [0, 0.1) is 0 Å². The fourth-order valence-electron chi connectivity index (χ4n) is 3.51. The molecule has 2 aromatic rings. The lowest BCUT2D eigenvalue weighted by Gasteiger charge is -2.32. The van der Waals surface area contributed by atoms with E-state index in [-0.39, 0.29) is 18.0 Å². The van der Waals surface area contributed by atoms with E-state index in [1.54, 1.807) is 6.07 Å². The van der Waals surface area contributed by atoms with Crippen LogP contribution in [-0.4, -0.2) is 31.1 Å². The SMILES string of the molecule is CCNC(=O)Nc1ccc(N2CCc3ccccc3C2)c(C(=O)NC(C)CC)c1. The summed E-state index contributed by atoms with van der Waals surface area (Å²) < 4.78 is 0. The summed E-state index contributed by atoms with van der Waals surface area (Å²) in [5.41, 5.74) is 4.73. The Bertz CT molecular complexity index is 881. The number of anilines is 2. The normalized spacial score (nSPS) is 14.0. The monoisotopic (exact) mass is 394 g/mol. The predicted octanol–water partition coefficient (Wildman–Crippen LogP) is 3.92. The van der Waals surface area contributed by atoms with E-state index in [0.29, 0.717) is 17.8 Å². The van der Waals surface area contributed by atoms with Crippen molar-refractivity contribution >= 4 is 23.3 Å². The van der Waals surface area contributed by atoms with Crippen molar-refractivity contribution in [1.29, 1.82) is 0 Å². The Morgan fingerprint density at radius 3 is 2.59 bits per heavy atom. The molecule has 2 aromatic carbocycles. The van der Waals surface area contributed by atoms with Gasteiger partial charge in [0.05, 0.1) is 5.56 Å². The lowest BCUT2D eigenvalue weighted by atomic mass is 9.98. The topological polar surface area (TPSA) is 73.5 Å². The zero-order valence-electron chi connectivity index (χ0n) is 17.4. The van der Waals surface area contributed by atoms with Crippen molar-refractivity contribution in [2.45, 2.75) is 46.2 Å². The van der Waals surface area contributed by atoms with Gasteiger partial charge in [0.2, 0.25) is 0 Å². The lowest BCUT2D eigenvalue weighted by molar-refractivity contribution is 0.0939. The van der Waals surface area contributed by atoms with Crippen molar-refractivity contribution in [2.75, 3.05) is 23.3 Å². The van der Waals surface area contributed by atoms with Gasteiger partial charge in [0.15, 0.2) is 0 Å². The minimum absolute atomic E-state index is 0.0810. The molecule has 3 rings (SSSR count). The summed E-state index contributed by atoms with van der Waals surface area (Å²) in [6.45, 7) is 8.05. The fourth-order valence-corrected chi connectivity index (χ4v) is 3.51. The highest BCUT2D eigenvalue weighted by atomic mass is 16.2. The van der Waals surface area contributed by atoms with Crippen molar-refractivity contribution in [3.8, 4) is 0 Å². The summed E-state index contributed by atoms with van der Waals surface area (Å²) in [6, 6.07) is 13.8. The lowest BCUT2D eigenvalue weighted by Crippen LogP contribution is -2.36. The molecular weight excluding hydrogens is 364 g/mol. The number of amides is 3. The highest BCUT2D eigenvalue weighted by Crippen LogP contribution is 2.29. The van der Waals surface area contributed by atoms with Crippen molar-refractivity contribution in [2.24, 2.45) is 0 Å². The van der Waals surface area contributed by atoms with Gasteiger partial charge in [0, 0.05) is 37.1 Å². The molecule has 0 spiro atoms. The molecule has 6 heteroatoms. The average molecular weight is 395 g/mol. The van der Waals surface area contributed by atoms with Crippen LogP contribution in [0.5, 0.6) is 0 Å². The van der Waals surface area contributed by atoms with Gasteiger partial charge in [-0.15, -0.1) is 0 Å². The molecule has 0 saturated carbocycles. The molecule has 29 heavy (non-hydrogen) atoms. The second kappa shape index (κ2) is 9.45. The van der Waals surface area contributed by atoms with Crippen LogP contribution in [0.25, 0.3) is 0 Å². The quantitative estimate of drug-likeness (QED) is 0.695. The number of nitrogens with zero attached hydrogens (tertiary/aromatic N) is 1. The smallest absolute Gasteiger partial charge is 0.319 e. The van der Waals surface area contributed by atoms with Crippen molar-refractivity contribution < 1.29 is 9.59 Å². The summed E-state index contributed by atoms with van der Waals surface area (Å²) >= 11 is 0. The maximum Gasteiger partial charge on any atom is 0.319 e. The maximum absolute atomic E-state index is 13.0. The number of carbonyl (C=O) groups is 2. The number of carbonyl (C=O) groups excluding carboxylic acids is 2. The molecule has 154 valence electrons. The van der Waals surface area contributed by atoms with Crippen LogP contribution in [0.15, 0.2) is 42.5 Å². The van der Waals surface area contributed by atoms with Gasteiger partial charge in [-0.3, -0.25) is 4.79 Å². The van der Waals surface area contributed by atoms with Gasteiger partial charge in [-0.25, -0.2) is 4.79 Å². The van der Waals surface area contributed by atoms with Gasteiger partial charge in [-0.2, -0.15) is 0 Å². The molecule has 0 bridgehead atoms. The Morgan fingerprint density at radius 2 is 1.86 bits per heavy atom. The predicted molar refractivity (Wildman–Crippen MR) is 118 cm³/mol. The van der Waals surface area contributed by atoms with Crippen LogP contribution < -0.4 is 20.9 Å². The second-order valence-electron chi connectivity index (χ2n) is 7.44. The van der Waals surface area contributed by atoms with E-state index in [1.165, 1.54) is 11.1 Å². The van der Waals surface area contributed by atoms with Gasteiger partial charge >= 0.3 is 6.03 Å². The minimum Gasteiger partial charge on any atom is -0.366 e. The van der Waals surface area contributed by atoms with Gasteiger partial charge in [-0.1, -0.05) is 31.2 Å². The van der Waals surface area contributed by atoms with E-state index in [1.807, 2.05) is 32.9 Å². The summed E-state index contributed by atoms with van der Waals surface area (Å²) in [7, 11) is 0. The van der Waals surface area contributed by atoms with Crippen molar-refractivity contribution in [3.63, 3.8) is 0 Å². The number of nitrogens with one attached hydrogen (secondary N) is 3. The number of rotatable bonds is 6. The number of benzene rings is 2. The first kappa shape index (κ1) is 20.7. The Morgan fingerprint density at radius 1 is 1.10 bits per heavy atom. The molecule has 1 unspecified atom stereocenters. The third-order valence-corrected chi connectivity index (χ3v) is 5.30. The van der Waals surface area contributed by atoms with Crippen LogP contribution in [-0.2, 0) is 13.0 Å². The van der Waals surface area contributed by atoms with Crippen LogP contribution in [0.2, 0.25) is 0 Å². The third-order valence-electron chi connectivity index (χ3n) is 5.30. The van der Waals surface area contributed by atoms with Gasteiger partial charge in [0.1, 0.15) is 0 Å². The molecule has 0 aliphatic carbocycles. The molecule has 3 N–H and O–H groups in total. The molecule has 1 atom stereocenters. The molecule has 1 aliphatic heterocycles. The maximum atomic E-state index is 13.0. The summed E-state index contributed by atoms with van der Waals surface area (Å²) in [5.74, 6) is -0.118. The van der Waals surface area contributed by atoms with Gasteiger partial charge < -0.3 is 20.9 Å². The molecule has 0 radical (unpaired) electrons. The van der Waals surface area contributed by atoms with Crippen LogP contribution in [0.4, 0.5) is 16.2 Å². The summed E-state index contributed by atoms with van der Waals surface area (Å²) in [6.07, 6.45) is 1.80. The Balaban J connectivity index is 1.90. The molecule has 6 nitrogen and oxygen atoms in total. The first-order valence-electron chi connectivity index (χ1n) is 10.3. The Kier molecular flexibility index (Phi) is 6.75. The molecule has 3 amide bonds. The standard InChI is InChI=1S/C23H30N4O2/c1-4-16(3)25-22(28)20-14-19(26-23(29)24-5-2)10-11-21(20)27-13-12-17-8-6-7-9-18(17)15-27/h6-11,14,16H,4-5,12-13,15H2,1-3H3,(H,25,28)(H2,24,26,29). The average Bonchev–Trinajstić information content (AvgIpc) is 2.73. The number of hydrogen-bond donors (Lipinski definition) is 3. The van der Waals surface area contributed by atoms with Crippen LogP contribution >= 0.6 is 0 Å². The fraction of sp³-hybridized carbons (Fsp3) is 0.391. The second-order valence-corrected chi connectivity index (χ2v) is 7.44. The van der Waals surface area contributed by atoms with Crippen LogP contribution in [0.1, 0.15) is 48.7 Å². The molecule has 1 aliphatic rings. The van der Waals surface area contributed by atoms with Crippen molar-refractivity contribution in [3.05, 3.63) is 59.2 Å². The molecule has 0 fully saturated rings. The number of urea groups is 1. The van der Waals surface area contributed by atoms with Gasteiger partial charge in [-0.05, 0) is 56.0 Å².